The van der Waals surface area contributed by atoms with Crippen molar-refractivity contribution in [3.8, 4) is 0 Å². The van der Waals surface area contributed by atoms with Gasteiger partial charge in [0.25, 0.3) is 5.91 Å². The highest BCUT2D eigenvalue weighted by Crippen LogP contribution is 2.53. The Balaban J connectivity index is 1.67. The summed E-state index contributed by atoms with van der Waals surface area (Å²) in [5, 5.41) is 3.38. The molecule has 3 fully saturated rings. The van der Waals surface area contributed by atoms with Crippen LogP contribution in [0.4, 0.5) is 0 Å². The summed E-state index contributed by atoms with van der Waals surface area (Å²) in [5.41, 5.74) is 5.23. The number of amides is 1. The highest BCUT2D eigenvalue weighted by atomic mass is 32.1. The van der Waals surface area contributed by atoms with Crippen molar-refractivity contribution in [3.05, 3.63) is 21.9 Å². The molecule has 23 heavy (non-hydrogen) atoms. The number of hydrogen-bond acceptors (Lipinski definition) is 5. The predicted octanol–water partition coefficient (Wildman–Crippen LogP) is 1.39. The van der Waals surface area contributed by atoms with Crippen LogP contribution in [0.5, 0.6) is 0 Å². The lowest BCUT2D eigenvalue weighted by molar-refractivity contribution is -0.174. The maximum atomic E-state index is 11.5. The molecule has 0 aromatic carbocycles. The van der Waals surface area contributed by atoms with Crippen molar-refractivity contribution in [2.45, 2.75) is 30.9 Å². The number of hydrogen-bond donors (Lipinski definition) is 2. The van der Waals surface area contributed by atoms with Crippen molar-refractivity contribution in [2.75, 3.05) is 33.3 Å². The molecule has 1 unspecified atom stereocenters. The average Bonchev–Trinajstić information content (AvgIpc) is 2.95. The van der Waals surface area contributed by atoms with E-state index in [9.17, 15) is 4.79 Å². The number of nitrogens with zero attached hydrogens (tertiary/aromatic N) is 1. The second kappa shape index (κ2) is 5.84. The van der Waals surface area contributed by atoms with Gasteiger partial charge in [-0.15, -0.1) is 11.3 Å². The number of ether oxygens (including phenoxy) is 1. The summed E-state index contributed by atoms with van der Waals surface area (Å²) >= 11 is 1.53. The zero-order valence-corrected chi connectivity index (χ0v) is 14.4. The van der Waals surface area contributed by atoms with E-state index in [4.69, 9.17) is 10.5 Å². The molecule has 3 heterocycles. The van der Waals surface area contributed by atoms with E-state index < -0.39 is 0 Å². The Hall–Kier alpha value is -0.950. The van der Waals surface area contributed by atoms with Crippen LogP contribution in [0.25, 0.3) is 0 Å². The maximum Gasteiger partial charge on any atom is 0.258 e. The number of thiophene rings is 1. The van der Waals surface area contributed by atoms with Crippen molar-refractivity contribution < 1.29 is 9.53 Å². The van der Waals surface area contributed by atoms with E-state index in [1.54, 1.807) is 0 Å². The van der Waals surface area contributed by atoms with Crippen LogP contribution in [0.3, 0.4) is 0 Å². The maximum absolute atomic E-state index is 11.5. The van der Waals surface area contributed by atoms with E-state index in [0.29, 0.717) is 22.8 Å². The molecule has 3 aliphatic rings. The number of piperidine rings is 1. The van der Waals surface area contributed by atoms with Gasteiger partial charge in [0.15, 0.2) is 0 Å². The Kier molecular flexibility index (Phi) is 3.96. The molecular formula is C17H25N3O2S. The molecule has 0 radical (unpaired) electrons. The molecule has 0 spiro atoms. The molecule has 4 rings (SSSR count). The Morgan fingerprint density at radius 3 is 2.52 bits per heavy atom. The fraction of sp³-hybridized carbons (Fsp3) is 0.706. The van der Waals surface area contributed by atoms with Crippen molar-refractivity contribution >= 4 is 17.2 Å². The standard InChI is InChI=1S/C17H25N3O2S/c1-22-17(15-6-5-14(23-15)16(18)21)11-3-2-4-12(17)10-20(9-11)13-7-19-8-13/h5-6,11-13,19H,2-4,7-10H2,1H3,(H2,18,21)/t11-,12+,17?. The molecule has 1 aromatic rings. The summed E-state index contributed by atoms with van der Waals surface area (Å²) in [7, 11) is 1.84. The Labute approximate surface area is 141 Å². The minimum Gasteiger partial charge on any atom is -0.372 e. The number of primary amides is 1. The van der Waals surface area contributed by atoms with Crippen LogP contribution in [0.15, 0.2) is 12.1 Å². The zero-order valence-electron chi connectivity index (χ0n) is 13.6. The predicted molar refractivity (Wildman–Crippen MR) is 90.6 cm³/mol. The van der Waals surface area contributed by atoms with E-state index in [1.807, 2.05) is 13.2 Å². The van der Waals surface area contributed by atoms with Crippen molar-refractivity contribution in [1.82, 2.24) is 10.2 Å². The topological polar surface area (TPSA) is 67.6 Å². The molecule has 1 aromatic heterocycles. The summed E-state index contributed by atoms with van der Waals surface area (Å²) in [6.45, 7) is 4.43. The van der Waals surface area contributed by atoms with Gasteiger partial charge in [-0.3, -0.25) is 9.69 Å². The fourth-order valence-electron chi connectivity index (χ4n) is 4.81. The van der Waals surface area contributed by atoms with Gasteiger partial charge in [0.2, 0.25) is 0 Å². The monoisotopic (exact) mass is 335 g/mol. The van der Waals surface area contributed by atoms with Crippen LogP contribution in [-0.2, 0) is 10.3 Å². The number of methoxy groups -OCH3 is 1. The summed E-state index contributed by atoms with van der Waals surface area (Å²) in [5.74, 6) is 0.663. The quantitative estimate of drug-likeness (QED) is 0.873. The third kappa shape index (κ3) is 2.35. The Bertz CT molecular complexity index is 584. The largest absolute Gasteiger partial charge is 0.372 e. The molecule has 5 nitrogen and oxygen atoms in total. The van der Waals surface area contributed by atoms with Gasteiger partial charge in [-0.25, -0.2) is 0 Å². The first kappa shape index (κ1) is 15.6. The van der Waals surface area contributed by atoms with Crippen molar-refractivity contribution in [1.29, 1.82) is 0 Å². The van der Waals surface area contributed by atoms with Gasteiger partial charge in [0, 0.05) is 56.0 Å². The van der Waals surface area contributed by atoms with Gasteiger partial charge in [0.05, 0.1) is 4.88 Å². The van der Waals surface area contributed by atoms with Gasteiger partial charge >= 0.3 is 0 Å². The summed E-state index contributed by atoms with van der Waals surface area (Å²) < 4.78 is 6.22. The minimum absolute atomic E-state index is 0.232. The summed E-state index contributed by atoms with van der Waals surface area (Å²) in [6, 6.07) is 4.62. The fourth-order valence-corrected chi connectivity index (χ4v) is 6.00. The Morgan fingerprint density at radius 1 is 1.35 bits per heavy atom. The van der Waals surface area contributed by atoms with Crippen LogP contribution < -0.4 is 11.1 Å². The summed E-state index contributed by atoms with van der Waals surface area (Å²) in [6.07, 6.45) is 3.68. The van der Waals surface area contributed by atoms with Crippen LogP contribution in [0.2, 0.25) is 0 Å². The number of nitrogens with two attached hydrogens (primary N) is 1. The number of likely N-dealkylation sites (tertiary alicyclic amines) is 1. The molecule has 2 bridgehead atoms. The SMILES string of the molecule is COC1(c2ccc(C(N)=O)s2)[C@@H]2CCC[C@H]1CN(C1CNC1)C2. The van der Waals surface area contributed by atoms with Crippen LogP contribution in [-0.4, -0.2) is 50.1 Å². The van der Waals surface area contributed by atoms with Crippen LogP contribution in [0, 0.1) is 11.8 Å². The second-order valence-electron chi connectivity index (χ2n) is 7.12. The summed E-state index contributed by atoms with van der Waals surface area (Å²) in [4.78, 5) is 16.0. The van der Waals surface area contributed by atoms with E-state index in [1.165, 1.54) is 35.5 Å². The number of fused-ring (bicyclic) bond motifs is 2. The first-order chi connectivity index (χ1) is 11.1. The molecule has 2 saturated heterocycles. The second-order valence-corrected chi connectivity index (χ2v) is 8.20. The van der Waals surface area contributed by atoms with Crippen molar-refractivity contribution in [3.63, 3.8) is 0 Å². The normalized spacial score (nSPS) is 35.0. The highest BCUT2D eigenvalue weighted by molar-refractivity contribution is 7.14. The van der Waals surface area contributed by atoms with Gasteiger partial charge in [0.1, 0.15) is 5.60 Å². The molecule has 126 valence electrons. The van der Waals surface area contributed by atoms with E-state index in [2.05, 4.69) is 16.3 Å². The van der Waals surface area contributed by atoms with E-state index in [-0.39, 0.29) is 11.5 Å². The third-order valence-corrected chi connectivity index (χ3v) is 7.31. The van der Waals surface area contributed by atoms with Gasteiger partial charge in [-0.1, -0.05) is 6.42 Å². The van der Waals surface area contributed by atoms with Crippen molar-refractivity contribution in [2.24, 2.45) is 17.6 Å². The molecule has 3 N–H and O–H groups in total. The lowest BCUT2D eigenvalue weighted by Gasteiger charge is -2.57. The minimum atomic E-state index is -0.337. The van der Waals surface area contributed by atoms with Gasteiger partial charge in [-0.2, -0.15) is 0 Å². The molecular weight excluding hydrogens is 310 g/mol. The first-order valence-electron chi connectivity index (χ1n) is 8.55. The van der Waals surface area contributed by atoms with Gasteiger partial charge < -0.3 is 15.8 Å². The number of rotatable bonds is 4. The highest BCUT2D eigenvalue weighted by Gasteiger charge is 2.54. The smallest absolute Gasteiger partial charge is 0.258 e. The van der Waals surface area contributed by atoms with E-state index >= 15 is 0 Å². The Morgan fingerprint density at radius 2 is 2.04 bits per heavy atom. The molecule has 1 amide bonds. The zero-order chi connectivity index (χ0) is 16.0. The number of carbonyl (C=O) groups is 1. The molecule has 1 saturated carbocycles. The van der Waals surface area contributed by atoms with Crippen LogP contribution >= 0.6 is 11.3 Å². The first-order valence-corrected chi connectivity index (χ1v) is 9.37. The molecule has 6 heteroatoms. The lowest BCUT2D eigenvalue weighted by Crippen LogP contribution is -2.66. The molecule has 2 aliphatic heterocycles. The molecule has 1 aliphatic carbocycles. The van der Waals surface area contributed by atoms with E-state index in [0.717, 1.165) is 26.2 Å². The number of carbonyl (C=O) groups excluding carboxylic acids is 1. The molecule has 3 atom stereocenters. The van der Waals surface area contributed by atoms with Gasteiger partial charge in [-0.05, 0) is 25.0 Å². The third-order valence-electron chi connectivity index (χ3n) is 6.08. The van der Waals surface area contributed by atoms with Crippen LogP contribution in [0.1, 0.15) is 33.8 Å². The average molecular weight is 335 g/mol. The number of nitrogens with one attached hydrogen (secondary N) is 1. The lowest BCUT2D eigenvalue weighted by atomic mass is 9.64.